The van der Waals surface area contributed by atoms with E-state index >= 15 is 0 Å². The van der Waals surface area contributed by atoms with Gasteiger partial charge in [-0.05, 0) is 54.9 Å². The number of allylic oxidation sites excluding steroid dienone is 4. The third-order valence-electron chi connectivity index (χ3n) is 5.03. The van der Waals surface area contributed by atoms with Gasteiger partial charge in [-0.2, -0.15) is 5.10 Å². The molecule has 0 aromatic carbocycles. The number of nitrogens with two attached hydrogens (primary N) is 1. The second-order valence-corrected chi connectivity index (χ2v) is 6.26. The maximum absolute atomic E-state index is 6.56. The largest absolute Gasteiger partial charge is 0.401 e. The molecule has 1 aromatic heterocycles. The van der Waals surface area contributed by atoms with Crippen LogP contribution in [0.4, 0.5) is 0 Å². The summed E-state index contributed by atoms with van der Waals surface area (Å²) < 4.78 is 2.08. The molecule has 0 radical (unpaired) electrons. The minimum absolute atomic E-state index is 0.399. The summed E-state index contributed by atoms with van der Waals surface area (Å²) in [7, 11) is 0. The summed E-state index contributed by atoms with van der Waals surface area (Å²) in [5, 5.41) is 4.34. The van der Waals surface area contributed by atoms with E-state index in [2.05, 4.69) is 34.9 Å². The van der Waals surface area contributed by atoms with Crippen LogP contribution in [-0.4, -0.2) is 9.78 Å². The fraction of sp³-hybridized carbons (Fsp3) is 0.471. The summed E-state index contributed by atoms with van der Waals surface area (Å²) in [6, 6.07) is 2.09. The Morgan fingerprint density at radius 3 is 3.10 bits per heavy atom. The first-order chi connectivity index (χ1) is 9.74. The molecule has 2 N–H and O–H groups in total. The predicted molar refractivity (Wildman–Crippen MR) is 80.6 cm³/mol. The summed E-state index contributed by atoms with van der Waals surface area (Å²) in [6.07, 6.45) is 11.4. The van der Waals surface area contributed by atoms with Gasteiger partial charge in [0.05, 0.1) is 5.69 Å². The molecule has 0 amide bonds. The summed E-state index contributed by atoms with van der Waals surface area (Å²) >= 11 is 0. The van der Waals surface area contributed by atoms with Crippen LogP contribution in [-0.2, 0) is 6.54 Å². The van der Waals surface area contributed by atoms with E-state index in [-0.39, 0.29) is 0 Å². The van der Waals surface area contributed by atoms with Crippen LogP contribution in [0.25, 0.3) is 6.08 Å². The highest BCUT2D eigenvalue weighted by molar-refractivity contribution is 5.55. The standard InChI is InChI=1S/C17H21N3/c1-11-9-12-3-2-4-15(12)17(18)16(11)13-6-8-20-14(10-13)5-7-19-20/h5,7,9-11,16H,2-4,6,8,18H2,1H3. The Kier molecular flexibility index (Phi) is 2.62. The average molecular weight is 267 g/mol. The molecule has 20 heavy (non-hydrogen) atoms. The van der Waals surface area contributed by atoms with Crippen LogP contribution in [0.5, 0.6) is 0 Å². The molecular weight excluding hydrogens is 246 g/mol. The maximum Gasteiger partial charge on any atom is 0.0609 e. The van der Waals surface area contributed by atoms with Crippen molar-refractivity contribution in [3.8, 4) is 0 Å². The van der Waals surface area contributed by atoms with E-state index < -0.39 is 0 Å². The van der Waals surface area contributed by atoms with E-state index in [0.717, 1.165) is 18.7 Å². The number of hydrogen-bond donors (Lipinski definition) is 1. The molecule has 0 spiro atoms. The van der Waals surface area contributed by atoms with Crippen molar-refractivity contribution in [3.63, 3.8) is 0 Å². The van der Waals surface area contributed by atoms with Crippen LogP contribution in [0.2, 0.25) is 0 Å². The lowest BCUT2D eigenvalue weighted by Gasteiger charge is -2.32. The highest BCUT2D eigenvalue weighted by Gasteiger charge is 2.32. The Balaban J connectivity index is 1.75. The SMILES string of the molecule is CC1C=C2CCCC2=C(N)C1C1=Cc2ccnn2CC1. The molecule has 2 atom stereocenters. The monoisotopic (exact) mass is 267 g/mol. The van der Waals surface area contributed by atoms with Gasteiger partial charge in [0.1, 0.15) is 0 Å². The van der Waals surface area contributed by atoms with Gasteiger partial charge in [0.2, 0.25) is 0 Å². The smallest absolute Gasteiger partial charge is 0.0609 e. The molecule has 1 aliphatic heterocycles. The third-order valence-corrected chi connectivity index (χ3v) is 5.03. The van der Waals surface area contributed by atoms with Gasteiger partial charge in [0.25, 0.3) is 0 Å². The topological polar surface area (TPSA) is 43.8 Å². The van der Waals surface area contributed by atoms with Gasteiger partial charge >= 0.3 is 0 Å². The molecule has 3 heteroatoms. The highest BCUT2D eigenvalue weighted by atomic mass is 15.3. The van der Waals surface area contributed by atoms with Gasteiger partial charge in [-0.1, -0.05) is 18.6 Å². The number of aryl methyl sites for hydroxylation is 1. The molecule has 3 nitrogen and oxygen atoms in total. The second-order valence-electron chi connectivity index (χ2n) is 6.26. The number of fused-ring (bicyclic) bond motifs is 2. The van der Waals surface area contributed by atoms with Crippen molar-refractivity contribution in [2.75, 3.05) is 0 Å². The van der Waals surface area contributed by atoms with Gasteiger partial charge in [-0.25, -0.2) is 0 Å². The third kappa shape index (κ3) is 1.69. The molecule has 2 unspecified atom stereocenters. The summed E-state index contributed by atoms with van der Waals surface area (Å²) in [5.74, 6) is 0.920. The van der Waals surface area contributed by atoms with Crippen LogP contribution in [0.1, 0.15) is 38.3 Å². The van der Waals surface area contributed by atoms with Crippen LogP contribution >= 0.6 is 0 Å². The number of aromatic nitrogens is 2. The average Bonchev–Trinajstić information content (AvgIpc) is 3.06. The van der Waals surface area contributed by atoms with E-state index in [4.69, 9.17) is 5.73 Å². The Hall–Kier alpha value is -1.77. The molecule has 1 aromatic rings. The Morgan fingerprint density at radius 2 is 2.20 bits per heavy atom. The molecule has 0 bridgehead atoms. The molecule has 4 rings (SSSR count). The Morgan fingerprint density at radius 1 is 1.30 bits per heavy atom. The van der Waals surface area contributed by atoms with Crippen LogP contribution in [0.15, 0.2) is 40.8 Å². The second kappa shape index (κ2) is 4.37. The van der Waals surface area contributed by atoms with E-state index in [1.807, 2.05) is 6.20 Å². The van der Waals surface area contributed by atoms with Crippen molar-refractivity contribution in [3.05, 3.63) is 46.4 Å². The van der Waals surface area contributed by atoms with Gasteiger partial charge in [0.15, 0.2) is 0 Å². The fourth-order valence-corrected chi connectivity index (χ4v) is 4.10. The highest BCUT2D eigenvalue weighted by Crippen LogP contribution is 2.44. The first-order valence-electron chi connectivity index (χ1n) is 7.66. The number of rotatable bonds is 1. The Bertz CT molecular complexity index is 645. The molecule has 1 saturated carbocycles. The van der Waals surface area contributed by atoms with Crippen molar-refractivity contribution >= 4 is 6.08 Å². The minimum atomic E-state index is 0.399. The van der Waals surface area contributed by atoms with E-state index in [9.17, 15) is 0 Å². The molecule has 2 heterocycles. The van der Waals surface area contributed by atoms with Crippen molar-refractivity contribution in [1.82, 2.24) is 9.78 Å². The van der Waals surface area contributed by atoms with Crippen molar-refractivity contribution in [1.29, 1.82) is 0 Å². The van der Waals surface area contributed by atoms with Crippen molar-refractivity contribution < 1.29 is 0 Å². The predicted octanol–water partition coefficient (Wildman–Crippen LogP) is 3.26. The molecular formula is C17H21N3. The van der Waals surface area contributed by atoms with Gasteiger partial charge < -0.3 is 5.73 Å². The van der Waals surface area contributed by atoms with Crippen LogP contribution in [0, 0.1) is 11.8 Å². The van der Waals surface area contributed by atoms with Gasteiger partial charge in [0, 0.05) is 24.4 Å². The summed E-state index contributed by atoms with van der Waals surface area (Å²) in [6.45, 7) is 3.29. The van der Waals surface area contributed by atoms with Crippen molar-refractivity contribution in [2.45, 2.75) is 39.2 Å². The quantitative estimate of drug-likeness (QED) is 0.848. The maximum atomic E-state index is 6.56. The first kappa shape index (κ1) is 12.0. The van der Waals surface area contributed by atoms with Gasteiger partial charge in [-0.3, -0.25) is 4.68 Å². The molecule has 104 valence electrons. The molecule has 3 aliphatic rings. The molecule has 2 aliphatic carbocycles. The molecule has 0 saturated heterocycles. The van der Waals surface area contributed by atoms with Crippen LogP contribution in [0.3, 0.4) is 0 Å². The number of hydrogen-bond acceptors (Lipinski definition) is 2. The minimum Gasteiger partial charge on any atom is -0.401 e. The lowest BCUT2D eigenvalue weighted by Crippen LogP contribution is -2.27. The summed E-state index contributed by atoms with van der Waals surface area (Å²) in [5.41, 5.74) is 13.4. The molecule has 1 fully saturated rings. The van der Waals surface area contributed by atoms with E-state index in [1.54, 1.807) is 0 Å². The first-order valence-corrected chi connectivity index (χ1v) is 7.66. The Labute approximate surface area is 119 Å². The van der Waals surface area contributed by atoms with Gasteiger partial charge in [-0.15, -0.1) is 0 Å². The summed E-state index contributed by atoms with van der Waals surface area (Å²) in [4.78, 5) is 0. The van der Waals surface area contributed by atoms with E-state index in [0.29, 0.717) is 11.8 Å². The van der Waals surface area contributed by atoms with E-state index in [1.165, 1.54) is 41.7 Å². The van der Waals surface area contributed by atoms with Crippen molar-refractivity contribution in [2.24, 2.45) is 17.6 Å². The zero-order valence-electron chi connectivity index (χ0n) is 12.0. The fourth-order valence-electron chi connectivity index (χ4n) is 4.10. The normalized spacial score (nSPS) is 28.9. The number of nitrogens with zero attached hydrogens (tertiary/aromatic N) is 2. The van der Waals surface area contributed by atoms with Crippen LogP contribution < -0.4 is 5.73 Å². The lowest BCUT2D eigenvalue weighted by molar-refractivity contribution is 0.487. The zero-order valence-corrected chi connectivity index (χ0v) is 12.0. The zero-order chi connectivity index (χ0) is 13.7. The lowest BCUT2D eigenvalue weighted by atomic mass is 9.75.